The second kappa shape index (κ2) is 4.06. The van der Waals surface area contributed by atoms with Crippen molar-refractivity contribution in [2.24, 2.45) is 0 Å². The van der Waals surface area contributed by atoms with Crippen molar-refractivity contribution in [3.8, 4) is 0 Å². The van der Waals surface area contributed by atoms with Gasteiger partial charge in [-0.05, 0) is 11.6 Å². The van der Waals surface area contributed by atoms with Crippen LogP contribution < -0.4 is 5.43 Å². The van der Waals surface area contributed by atoms with Crippen LogP contribution in [0.5, 0.6) is 0 Å². The smallest absolute Gasteiger partial charge is 0.278 e. The summed E-state index contributed by atoms with van der Waals surface area (Å²) in [5.74, 6) is 0. The van der Waals surface area contributed by atoms with Crippen LogP contribution in [0.2, 0.25) is 5.02 Å². The van der Waals surface area contributed by atoms with Gasteiger partial charge < -0.3 is 4.98 Å². The van der Waals surface area contributed by atoms with Gasteiger partial charge in [-0.25, -0.2) is 8.78 Å². The number of nitrogens with one attached hydrogen (secondary N) is 1. The molecule has 1 aromatic heterocycles. The molecule has 1 aromatic rings. The first-order valence-corrected chi connectivity index (χ1v) is 4.09. The first-order valence-electron chi connectivity index (χ1n) is 3.34. The summed E-state index contributed by atoms with van der Waals surface area (Å²) in [6.07, 6.45) is -2.89. The number of carbonyl (C=O) groups is 1. The fraction of sp³-hybridized carbons (Fsp3) is 0.143. The molecule has 0 atom stereocenters. The van der Waals surface area contributed by atoms with E-state index in [9.17, 15) is 18.4 Å². The summed E-state index contributed by atoms with van der Waals surface area (Å²) in [7, 11) is 0. The van der Waals surface area contributed by atoms with Gasteiger partial charge in [0, 0.05) is 6.07 Å². The Morgan fingerprint density at radius 2 is 2.07 bits per heavy atom. The second-order valence-corrected chi connectivity index (χ2v) is 3.07. The quantitative estimate of drug-likeness (QED) is 0.809. The van der Waals surface area contributed by atoms with Gasteiger partial charge in [-0.15, -0.1) is 0 Å². The number of H-pyrrole nitrogens is 1. The number of halogens is 4. The van der Waals surface area contributed by atoms with E-state index < -0.39 is 33.5 Å². The van der Waals surface area contributed by atoms with Crippen molar-refractivity contribution < 1.29 is 13.6 Å². The Balaban J connectivity index is 3.43. The van der Waals surface area contributed by atoms with Crippen LogP contribution in [-0.2, 0) is 0 Å². The highest BCUT2D eigenvalue weighted by Crippen LogP contribution is 2.18. The lowest BCUT2D eigenvalue weighted by Crippen LogP contribution is -2.11. The molecule has 3 nitrogen and oxygen atoms in total. The molecular formula is C7H3Cl2F2NO2. The zero-order chi connectivity index (χ0) is 10.9. The Hall–Kier alpha value is -0.940. The molecule has 14 heavy (non-hydrogen) atoms. The van der Waals surface area contributed by atoms with Gasteiger partial charge in [-0.1, -0.05) is 11.6 Å². The first-order chi connectivity index (χ1) is 6.43. The maximum Gasteiger partial charge on any atom is 0.278 e. The van der Waals surface area contributed by atoms with Gasteiger partial charge in [0.15, 0.2) is 0 Å². The second-order valence-electron chi connectivity index (χ2n) is 2.35. The normalized spacial score (nSPS) is 10.6. The molecule has 0 saturated carbocycles. The molecule has 0 aliphatic carbocycles. The highest BCUT2D eigenvalue weighted by atomic mass is 35.5. The summed E-state index contributed by atoms with van der Waals surface area (Å²) < 4.78 is 24.3. The molecular weight excluding hydrogens is 239 g/mol. The molecule has 0 saturated heterocycles. The topological polar surface area (TPSA) is 49.9 Å². The minimum atomic E-state index is -2.89. The van der Waals surface area contributed by atoms with Crippen molar-refractivity contribution in [2.45, 2.75) is 6.43 Å². The minimum Gasteiger partial charge on any atom is -0.349 e. The van der Waals surface area contributed by atoms with Crippen LogP contribution in [0.15, 0.2) is 10.9 Å². The number of rotatable bonds is 2. The van der Waals surface area contributed by atoms with Crippen molar-refractivity contribution in [1.82, 2.24) is 4.98 Å². The largest absolute Gasteiger partial charge is 0.349 e. The first kappa shape index (κ1) is 11.1. The zero-order valence-electron chi connectivity index (χ0n) is 6.48. The van der Waals surface area contributed by atoms with Gasteiger partial charge >= 0.3 is 0 Å². The number of hydrogen-bond acceptors (Lipinski definition) is 2. The number of pyridine rings is 1. The summed E-state index contributed by atoms with van der Waals surface area (Å²) in [6.45, 7) is 0. The van der Waals surface area contributed by atoms with Gasteiger partial charge in [-0.3, -0.25) is 9.59 Å². The average Bonchev–Trinajstić information content (AvgIpc) is 2.08. The molecule has 1 N–H and O–H groups in total. The molecule has 0 amide bonds. The standard InChI is InChI=1S/C7H3Cl2F2NO2/c8-4-3(13)1-2(7(10)11)12-5(4)6(9)14/h1,7H,(H,12,13). The average molecular weight is 242 g/mol. The Kier molecular flexibility index (Phi) is 3.23. The van der Waals surface area contributed by atoms with Crippen molar-refractivity contribution >= 4 is 28.4 Å². The van der Waals surface area contributed by atoms with Crippen LogP contribution in [0.1, 0.15) is 22.6 Å². The molecule has 0 spiro atoms. The van der Waals surface area contributed by atoms with Crippen LogP contribution in [0.25, 0.3) is 0 Å². The highest BCUT2D eigenvalue weighted by molar-refractivity contribution is 6.68. The fourth-order valence-electron chi connectivity index (χ4n) is 0.816. The molecule has 0 fully saturated rings. The van der Waals surface area contributed by atoms with E-state index in [1.54, 1.807) is 0 Å². The van der Waals surface area contributed by atoms with Crippen molar-refractivity contribution in [3.63, 3.8) is 0 Å². The molecule has 0 aromatic carbocycles. The Labute approximate surface area is 86.6 Å². The number of carbonyl (C=O) groups excluding carboxylic acids is 1. The maximum absolute atomic E-state index is 12.2. The van der Waals surface area contributed by atoms with Crippen LogP contribution in [-0.4, -0.2) is 10.2 Å². The lowest BCUT2D eigenvalue weighted by Gasteiger charge is -2.03. The van der Waals surface area contributed by atoms with E-state index in [-0.39, 0.29) is 0 Å². The lowest BCUT2D eigenvalue weighted by molar-refractivity contribution is 0.107. The molecule has 1 heterocycles. The molecule has 0 aliphatic heterocycles. The van der Waals surface area contributed by atoms with E-state index in [4.69, 9.17) is 23.2 Å². The Morgan fingerprint density at radius 3 is 2.50 bits per heavy atom. The van der Waals surface area contributed by atoms with Crippen molar-refractivity contribution in [1.29, 1.82) is 0 Å². The van der Waals surface area contributed by atoms with Crippen LogP contribution in [0.4, 0.5) is 8.78 Å². The number of hydrogen-bond donors (Lipinski definition) is 1. The van der Waals surface area contributed by atoms with Crippen LogP contribution in [0, 0.1) is 0 Å². The van der Waals surface area contributed by atoms with Crippen molar-refractivity contribution in [2.75, 3.05) is 0 Å². The van der Waals surface area contributed by atoms with E-state index in [0.717, 1.165) is 0 Å². The van der Waals surface area contributed by atoms with Crippen LogP contribution >= 0.6 is 23.2 Å². The van der Waals surface area contributed by atoms with Crippen LogP contribution in [0.3, 0.4) is 0 Å². The summed E-state index contributed by atoms with van der Waals surface area (Å²) in [5, 5.41) is -1.58. The number of alkyl halides is 2. The third kappa shape index (κ3) is 2.10. The summed E-state index contributed by atoms with van der Waals surface area (Å²) >= 11 is 10.4. The summed E-state index contributed by atoms with van der Waals surface area (Å²) in [5.41, 5.74) is -2.08. The van der Waals surface area contributed by atoms with E-state index in [0.29, 0.717) is 6.07 Å². The van der Waals surface area contributed by atoms with Gasteiger partial charge in [-0.2, -0.15) is 0 Å². The van der Waals surface area contributed by atoms with E-state index in [1.165, 1.54) is 0 Å². The van der Waals surface area contributed by atoms with Crippen molar-refractivity contribution in [3.05, 3.63) is 32.7 Å². The molecule has 7 heteroatoms. The molecule has 76 valence electrons. The maximum atomic E-state index is 12.2. The van der Waals surface area contributed by atoms with E-state index in [1.807, 2.05) is 4.98 Å². The predicted octanol–water partition coefficient (Wildman–Crippen LogP) is 2.34. The summed E-state index contributed by atoms with van der Waals surface area (Å²) in [6, 6.07) is 0.621. The molecule has 0 unspecified atom stereocenters. The van der Waals surface area contributed by atoms with Gasteiger partial charge in [0.05, 0.1) is 5.69 Å². The fourth-order valence-corrected chi connectivity index (χ4v) is 1.19. The zero-order valence-corrected chi connectivity index (χ0v) is 7.99. The molecule has 1 rings (SSSR count). The van der Waals surface area contributed by atoms with Gasteiger partial charge in [0.2, 0.25) is 5.43 Å². The van der Waals surface area contributed by atoms with E-state index in [2.05, 4.69) is 0 Å². The Bertz CT molecular complexity index is 430. The van der Waals surface area contributed by atoms with E-state index >= 15 is 0 Å². The SMILES string of the molecule is O=C(Cl)c1[nH]c(C(F)F)cc(=O)c1Cl. The summed E-state index contributed by atoms with van der Waals surface area (Å²) in [4.78, 5) is 23.6. The highest BCUT2D eigenvalue weighted by Gasteiger charge is 2.16. The lowest BCUT2D eigenvalue weighted by atomic mass is 10.3. The predicted molar refractivity (Wildman–Crippen MR) is 47.2 cm³/mol. The third-order valence-corrected chi connectivity index (χ3v) is 1.99. The van der Waals surface area contributed by atoms with Gasteiger partial charge in [0.1, 0.15) is 10.7 Å². The number of aromatic amines is 1. The third-order valence-electron chi connectivity index (χ3n) is 1.42. The molecule has 0 bridgehead atoms. The Morgan fingerprint density at radius 1 is 1.50 bits per heavy atom. The van der Waals surface area contributed by atoms with Gasteiger partial charge in [0.25, 0.3) is 11.7 Å². The molecule has 0 radical (unpaired) electrons. The number of aromatic nitrogens is 1. The monoisotopic (exact) mass is 241 g/mol. The minimum absolute atomic E-state index is 0.491. The molecule has 0 aliphatic rings.